The van der Waals surface area contributed by atoms with Crippen molar-refractivity contribution in [3.8, 4) is 5.75 Å². The zero-order chi connectivity index (χ0) is 27.1. The van der Waals surface area contributed by atoms with Crippen molar-refractivity contribution in [3.63, 3.8) is 0 Å². The number of piperidine rings is 1. The number of benzene rings is 2. The lowest BCUT2D eigenvalue weighted by Crippen LogP contribution is -2.42. The minimum atomic E-state index is -1.16. The lowest BCUT2D eigenvalue weighted by molar-refractivity contribution is -0.139. The second-order valence-corrected chi connectivity index (χ2v) is 11.4. The number of halogens is 3. The zero-order valence-electron chi connectivity index (χ0n) is 21.4. The number of aliphatic carboxylic acids is 1. The second kappa shape index (κ2) is 13.6. The van der Waals surface area contributed by atoms with E-state index < -0.39 is 12.1 Å². The van der Waals surface area contributed by atoms with E-state index in [-0.39, 0.29) is 24.1 Å². The molecule has 1 aromatic heterocycles. The predicted octanol–water partition coefficient (Wildman–Crippen LogP) is 7.42. The second-order valence-electron chi connectivity index (χ2n) is 9.84. The molecule has 0 spiro atoms. The lowest BCUT2D eigenvalue weighted by Gasteiger charge is -2.38. The van der Waals surface area contributed by atoms with Crippen LogP contribution in [0.2, 0.25) is 5.02 Å². The normalized spacial score (nSPS) is 18.9. The molecule has 38 heavy (non-hydrogen) atoms. The van der Waals surface area contributed by atoms with Gasteiger partial charge < -0.3 is 14.7 Å². The Bertz CT molecular complexity index is 1230. The number of likely N-dealkylation sites (tertiary alicyclic amines) is 1. The monoisotopic (exact) mass is 562 g/mol. The van der Waals surface area contributed by atoms with Crippen molar-refractivity contribution in [2.75, 3.05) is 32.5 Å². The lowest BCUT2D eigenvalue weighted by atomic mass is 9.79. The van der Waals surface area contributed by atoms with Gasteiger partial charge in [0.15, 0.2) is 0 Å². The predicted molar refractivity (Wildman–Crippen MR) is 148 cm³/mol. The van der Waals surface area contributed by atoms with E-state index >= 15 is 4.39 Å². The number of carboxylic acid groups (broad SMARTS) is 1. The van der Waals surface area contributed by atoms with Gasteiger partial charge >= 0.3 is 5.97 Å². The number of alkyl halides is 1. The molecule has 3 aromatic rings. The fourth-order valence-electron chi connectivity index (χ4n) is 5.35. The number of ether oxygens (including phenoxy) is 1. The van der Waals surface area contributed by atoms with E-state index in [9.17, 15) is 14.3 Å². The molecule has 2 heterocycles. The van der Waals surface area contributed by atoms with Gasteiger partial charge in [0.1, 0.15) is 17.7 Å². The van der Waals surface area contributed by atoms with E-state index in [1.54, 1.807) is 37.2 Å². The van der Waals surface area contributed by atoms with Crippen molar-refractivity contribution in [1.82, 2.24) is 9.88 Å². The van der Waals surface area contributed by atoms with Crippen LogP contribution in [0, 0.1) is 17.7 Å². The van der Waals surface area contributed by atoms with Gasteiger partial charge in [-0.15, -0.1) is 11.8 Å². The summed E-state index contributed by atoms with van der Waals surface area (Å²) in [6, 6.07) is 11.7. The average Bonchev–Trinajstić information content (AvgIpc) is 2.89. The van der Waals surface area contributed by atoms with Gasteiger partial charge in [0, 0.05) is 34.5 Å². The van der Waals surface area contributed by atoms with Gasteiger partial charge in [-0.1, -0.05) is 11.6 Å². The van der Waals surface area contributed by atoms with Crippen molar-refractivity contribution in [2.24, 2.45) is 11.8 Å². The maximum Gasteiger partial charge on any atom is 0.303 e. The highest BCUT2D eigenvalue weighted by Crippen LogP contribution is 2.36. The Balaban J connectivity index is 1.31. The first-order chi connectivity index (χ1) is 18.3. The van der Waals surface area contributed by atoms with Crippen LogP contribution >= 0.6 is 23.4 Å². The maximum atomic E-state index is 15.5. The third kappa shape index (κ3) is 7.80. The summed E-state index contributed by atoms with van der Waals surface area (Å²) in [5, 5.41) is 10.7. The molecular weight excluding hydrogens is 530 g/mol. The Hall–Kier alpha value is -2.42. The highest BCUT2D eigenvalue weighted by atomic mass is 35.5. The minimum Gasteiger partial charge on any atom is -0.497 e. The Kier molecular flexibility index (Phi) is 10.2. The van der Waals surface area contributed by atoms with Crippen molar-refractivity contribution < 1.29 is 23.4 Å². The Morgan fingerprint density at radius 3 is 2.87 bits per heavy atom. The molecule has 0 saturated carbocycles. The minimum absolute atomic E-state index is 0.0163. The van der Waals surface area contributed by atoms with E-state index in [1.807, 2.05) is 18.2 Å². The number of carboxylic acids is 1. The first-order valence-electron chi connectivity index (χ1n) is 12.9. The van der Waals surface area contributed by atoms with Gasteiger partial charge in [-0.05, 0) is 104 Å². The number of thioether (sulfide) groups is 1. The summed E-state index contributed by atoms with van der Waals surface area (Å²) in [6.45, 7) is 2.40. The number of carbonyl (C=O) groups is 1. The van der Waals surface area contributed by atoms with Gasteiger partial charge in [-0.3, -0.25) is 9.78 Å². The van der Waals surface area contributed by atoms with E-state index in [1.165, 1.54) is 12.1 Å². The van der Waals surface area contributed by atoms with E-state index in [0.717, 1.165) is 47.5 Å². The van der Waals surface area contributed by atoms with Crippen molar-refractivity contribution in [2.45, 2.75) is 43.2 Å². The number of hydrogen-bond donors (Lipinski definition) is 1. The van der Waals surface area contributed by atoms with Crippen molar-refractivity contribution >= 4 is 40.2 Å². The molecular formula is C29H33ClF2N2O3S. The zero-order valence-corrected chi connectivity index (χ0v) is 23.0. The van der Waals surface area contributed by atoms with E-state index in [0.29, 0.717) is 35.7 Å². The molecule has 1 fully saturated rings. The number of hydrogen-bond acceptors (Lipinski definition) is 5. The summed E-state index contributed by atoms with van der Waals surface area (Å²) in [5.74, 6) is 0.461. The summed E-state index contributed by atoms with van der Waals surface area (Å²) >= 11 is 7.50. The van der Waals surface area contributed by atoms with Crippen LogP contribution in [0.1, 0.15) is 43.8 Å². The summed E-state index contributed by atoms with van der Waals surface area (Å²) in [4.78, 5) is 19.1. The molecule has 1 aliphatic rings. The van der Waals surface area contributed by atoms with Crippen LogP contribution in [0.3, 0.4) is 0 Å². The number of rotatable bonds is 12. The Morgan fingerprint density at radius 2 is 2.11 bits per heavy atom. The number of aromatic nitrogens is 1. The van der Waals surface area contributed by atoms with Gasteiger partial charge in [0.25, 0.3) is 0 Å². The molecule has 0 aliphatic carbocycles. The first-order valence-corrected chi connectivity index (χ1v) is 14.3. The molecule has 0 bridgehead atoms. The summed E-state index contributed by atoms with van der Waals surface area (Å²) in [6.07, 6.45) is 3.27. The summed E-state index contributed by atoms with van der Waals surface area (Å²) in [5.41, 5.74) is 1.32. The van der Waals surface area contributed by atoms with Crippen LogP contribution in [0.25, 0.3) is 10.9 Å². The van der Waals surface area contributed by atoms with Crippen LogP contribution in [-0.2, 0) is 4.79 Å². The molecule has 9 heteroatoms. The molecule has 1 aliphatic heterocycles. The summed E-state index contributed by atoms with van der Waals surface area (Å²) < 4.78 is 34.3. The number of nitrogens with zero attached hydrogens (tertiary/aromatic N) is 2. The topological polar surface area (TPSA) is 62.7 Å². The standard InChI is InChI=1S/C29H33ClF2N2O3S/c1-37-23-4-6-28-26(17-23)25(7-9-33-28)27(32)5-3-19-8-11-34(18-20(19)13-29(35)36)10-2-12-38-24-15-21(30)14-22(31)16-24/h4,6-7,9,14-17,19-20,27H,2-3,5,8,10-13,18H2,1H3,(H,35,36)/t19-,20+,27-/m1/s1. The van der Waals surface area contributed by atoms with Crippen LogP contribution in [0.15, 0.2) is 53.6 Å². The molecule has 5 nitrogen and oxygen atoms in total. The third-order valence-corrected chi connectivity index (χ3v) is 8.53. The molecule has 0 radical (unpaired) electrons. The molecule has 1 saturated heterocycles. The molecule has 0 amide bonds. The average molecular weight is 563 g/mol. The van der Waals surface area contributed by atoms with Crippen LogP contribution in [-0.4, -0.2) is 53.5 Å². The summed E-state index contributed by atoms with van der Waals surface area (Å²) in [7, 11) is 1.58. The maximum absolute atomic E-state index is 15.5. The molecule has 0 unspecified atom stereocenters. The Labute approximate surface area is 231 Å². The molecule has 2 aromatic carbocycles. The van der Waals surface area contributed by atoms with Gasteiger partial charge in [0.05, 0.1) is 12.6 Å². The quantitative estimate of drug-likeness (QED) is 0.183. The molecule has 1 N–H and O–H groups in total. The highest BCUT2D eigenvalue weighted by molar-refractivity contribution is 7.99. The van der Waals surface area contributed by atoms with Crippen LogP contribution in [0.5, 0.6) is 5.75 Å². The van der Waals surface area contributed by atoms with Crippen LogP contribution < -0.4 is 4.74 Å². The number of pyridine rings is 1. The van der Waals surface area contributed by atoms with Crippen molar-refractivity contribution in [1.29, 1.82) is 0 Å². The van der Waals surface area contributed by atoms with Gasteiger partial charge in [-0.25, -0.2) is 8.78 Å². The van der Waals surface area contributed by atoms with Crippen molar-refractivity contribution in [3.05, 3.63) is 65.1 Å². The van der Waals surface area contributed by atoms with E-state index in [4.69, 9.17) is 16.3 Å². The number of fused-ring (bicyclic) bond motifs is 1. The first kappa shape index (κ1) is 28.6. The van der Waals surface area contributed by atoms with Gasteiger partial charge in [0.2, 0.25) is 0 Å². The smallest absolute Gasteiger partial charge is 0.303 e. The number of methoxy groups -OCH3 is 1. The fourth-order valence-corrected chi connectivity index (χ4v) is 6.55. The van der Waals surface area contributed by atoms with E-state index in [2.05, 4.69) is 9.88 Å². The third-order valence-electron chi connectivity index (χ3n) is 7.25. The van der Waals surface area contributed by atoms with Gasteiger partial charge in [-0.2, -0.15) is 0 Å². The van der Waals surface area contributed by atoms with Crippen LogP contribution in [0.4, 0.5) is 8.78 Å². The highest BCUT2D eigenvalue weighted by Gasteiger charge is 2.31. The molecule has 204 valence electrons. The SMILES string of the molecule is COc1ccc2nccc([C@H](F)CC[C@@H]3CCN(CCCSc4cc(F)cc(Cl)c4)C[C@@H]3CC(=O)O)c2c1. The molecule has 3 atom stereocenters. The molecule has 4 rings (SSSR count). The Morgan fingerprint density at radius 1 is 1.26 bits per heavy atom. The fraction of sp³-hybridized carbons (Fsp3) is 0.448. The largest absolute Gasteiger partial charge is 0.497 e.